The Morgan fingerprint density at radius 2 is 1.70 bits per heavy atom. The summed E-state index contributed by atoms with van der Waals surface area (Å²) < 4.78 is 61.7. The minimum atomic E-state index is -4.46. The molecular formula is C26H23ClF2N2O5S. The van der Waals surface area contributed by atoms with Crippen LogP contribution in [-0.2, 0) is 15.6 Å². The summed E-state index contributed by atoms with van der Waals surface area (Å²) in [6, 6.07) is 12.3. The van der Waals surface area contributed by atoms with E-state index in [0.717, 1.165) is 23.5 Å². The number of carbonyl (C=O) groups excluding carboxylic acids is 2. The zero-order chi connectivity index (χ0) is 26.9. The second-order valence-corrected chi connectivity index (χ2v) is 11.1. The summed E-state index contributed by atoms with van der Waals surface area (Å²) in [6.45, 7) is 1.03. The lowest BCUT2D eigenvalue weighted by molar-refractivity contribution is 0.0651. The maximum absolute atomic E-state index is 14.8. The average Bonchev–Trinajstić information content (AvgIpc) is 2.81. The second-order valence-electron chi connectivity index (χ2n) is 8.74. The molecule has 0 radical (unpaired) electrons. The van der Waals surface area contributed by atoms with Crippen molar-refractivity contribution in [2.75, 3.05) is 27.2 Å². The Morgan fingerprint density at radius 3 is 2.30 bits per heavy atom. The Kier molecular flexibility index (Phi) is 7.52. The fourth-order valence-electron chi connectivity index (χ4n) is 3.73. The van der Waals surface area contributed by atoms with Crippen LogP contribution in [0.15, 0.2) is 59.5 Å². The number of ether oxygens (including phenoxy) is 1. The number of amides is 2. The van der Waals surface area contributed by atoms with Crippen molar-refractivity contribution in [2.45, 2.75) is 17.1 Å². The van der Waals surface area contributed by atoms with Crippen LogP contribution in [0.25, 0.3) is 11.1 Å². The van der Waals surface area contributed by atoms with Crippen molar-refractivity contribution < 1.29 is 31.5 Å². The first kappa shape index (κ1) is 26.6. The highest BCUT2D eigenvalue weighted by Crippen LogP contribution is 2.37. The molecule has 0 bridgehead atoms. The topological polar surface area (TPSA) is 84.0 Å². The maximum atomic E-state index is 14.8. The van der Waals surface area contributed by atoms with Gasteiger partial charge in [-0.25, -0.2) is 22.0 Å². The lowest BCUT2D eigenvalue weighted by Gasteiger charge is -2.31. The molecule has 3 aromatic rings. The zero-order valence-corrected chi connectivity index (χ0v) is 21.6. The van der Waals surface area contributed by atoms with Crippen LogP contribution in [0, 0.1) is 11.6 Å². The molecule has 0 unspecified atom stereocenters. The van der Waals surface area contributed by atoms with E-state index < -0.39 is 49.9 Å². The van der Waals surface area contributed by atoms with Gasteiger partial charge in [-0.3, -0.25) is 4.79 Å². The Bertz CT molecular complexity index is 1480. The van der Waals surface area contributed by atoms with Crippen LogP contribution >= 0.6 is 11.6 Å². The molecule has 0 saturated carbocycles. The molecule has 1 fully saturated rings. The summed E-state index contributed by atoms with van der Waals surface area (Å²) in [5, 5.41) is -0.273. The first-order chi connectivity index (χ1) is 17.5. The normalized spacial score (nSPS) is 13.2. The maximum Gasteiger partial charge on any atom is 0.414 e. The minimum absolute atomic E-state index is 0.0162. The van der Waals surface area contributed by atoms with Crippen LogP contribution < -0.4 is 4.74 Å². The van der Waals surface area contributed by atoms with Gasteiger partial charge in [0, 0.05) is 49.9 Å². The van der Waals surface area contributed by atoms with Crippen LogP contribution in [0.5, 0.6) is 5.75 Å². The molecule has 194 valence electrons. The van der Waals surface area contributed by atoms with Crippen molar-refractivity contribution in [1.82, 2.24) is 9.80 Å². The molecule has 0 atom stereocenters. The second kappa shape index (κ2) is 10.5. The standard InChI is InChI=1S/C26H23ClF2N2O5S/c1-30(2)26(33)36-24-20(27)12-17(25(32)31-9-6-10-31)13-23(24)37(34,35)15-18-11-19(22(29)14-21(18)28)16-7-4-3-5-8-16/h3-5,7-8,11-14H,6,9-10,15H2,1-2H3. The number of likely N-dealkylation sites (tertiary alicyclic amines) is 1. The predicted molar refractivity (Wildman–Crippen MR) is 134 cm³/mol. The van der Waals surface area contributed by atoms with Crippen molar-refractivity contribution in [3.63, 3.8) is 0 Å². The summed E-state index contributed by atoms with van der Waals surface area (Å²) in [5.74, 6) is -3.73. The summed E-state index contributed by atoms with van der Waals surface area (Å²) >= 11 is 6.31. The molecule has 7 nitrogen and oxygen atoms in total. The van der Waals surface area contributed by atoms with Crippen molar-refractivity contribution in [3.8, 4) is 16.9 Å². The molecule has 1 heterocycles. The van der Waals surface area contributed by atoms with Crippen LogP contribution in [0.1, 0.15) is 22.3 Å². The quantitative estimate of drug-likeness (QED) is 0.424. The molecule has 0 N–H and O–H groups in total. The monoisotopic (exact) mass is 548 g/mol. The lowest BCUT2D eigenvalue weighted by Crippen LogP contribution is -2.42. The highest BCUT2D eigenvalue weighted by atomic mass is 35.5. The fraction of sp³-hybridized carbons (Fsp3) is 0.231. The fourth-order valence-corrected chi connectivity index (χ4v) is 5.57. The summed E-state index contributed by atoms with van der Waals surface area (Å²) in [5.41, 5.74) is 0.133. The number of hydrogen-bond donors (Lipinski definition) is 0. The molecule has 0 aliphatic carbocycles. The highest BCUT2D eigenvalue weighted by molar-refractivity contribution is 7.90. The van der Waals surface area contributed by atoms with Gasteiger partial charge in [0.25, 0.3) is 5.91 Å². The lowest BCUT2D eigenvalue weighted by atomic mass is 10.0. The molecule has 1 aliphatic heterocycles. The van der Waals surface area contributed by atoms with Gasteiger partial charge in [0.15, 0.2) is 15.6 Å². The number of benzene rings is 3. The van der Waals surface area contributed by atoms with Gasteiger partial charge in [-0.2, -0.15) is 0 Å². The Hall–Kier alpha value is -3.50. The SMILES string of the molecule is CN(C)C(=O)Oc1c(Cl)cc(C(=O)N2CCC2)cc1S(=O)(=O)Cc1cc(-c2ccccc2)c(F)cc1F. The van der Waals surface area contributed by atoms with Crippen LogP contribution in [0.2, 0.25) is 5.02 Å². The molecule has 2 amide bonds. The van der Waals surface area contributed by atoms with E-state index in [4.69, 9.17) is 16.3 Å². The van der Waals surface area contributed by atoms with E-state index in [1.807, 2.05) is 0 Å². The van der Waals surface area contributed by atoms with E-state index >= 15 is 0 Å². The van der Waals surface area contributed by atoms with E-state index in [1.165, 1.54) is 25.1 Å². The van der Waals surface area contributed by atoms with Gasteiger partial charge < -0.3 is 14.5 Å². The number of hydrogen-bond acceptors (Lipinski definition) is 5. The number of rotatable bonds is 6. The minimum Gasteiger partial charge on any atom is -0.407 e. The Morgan fingerprint density at radius 1 is 1.03 bits per heavy atom. The van der Waals surface area contributed by atoms with Crippen molar-refractivity contribution in [1.29, 1.82) is 0 Å². The predicted octanol–water partition coefficient (Wildman–Crippen LogP) is 5.17. The highest BCUT2D eigenvalue weighted by Gasteiger charge is 2.30. The number of nitrogens with zero attached hydrogens (tertiary/aromatic N) is 2. The summed E-state index contributed by atoms with van der Waals surface area (Å²) in [6.07, 6.45) is -0.0870. The smallest absolute Gasteiger partial charge is 0.407 e. The van der Waals surface area contributed by atoms with Crippen molar-refractivity contribution in [3.05, 3.63) is 82.4 Å². The number of sulfone groups is 1. The van der Waals surface area contributed by atoms with Gasteiger partial charge in [-0.05, 0) is 30.2 Å². The Labute approximate surface area is 218 Å². The van der Waals surface area contributed by atoms with Gasteiger partial charge >= 0.3 is 6.09 Å². The molecule has 0 aromatic heterocycles. The largest absolute Gasteiger partial charge is 0.414 e. The molecule has 1 saturated heterocycles. The summed E-state index contributed by atoms with van der Waals surface area (Å²) in [7, 11) is -1.67. The molecule has 37 heavy (non-hydrogen) atoms. The zero-order valence-electron chi connectivity index (χ0n) is 20.0. The van der Waals surface area contributed by atoms with E-state index in [2.05, 4.69) is 0 Å². The van der Waals surface area contributed by atoms with Gasteiger partial charge in [-0.15, -0.1) is 0 Å². The van der Waals surface area contributed by atoms with Crippen LogP contribution in [0.3, 0.4) is 0 Å². The molecule has 0 spiro atoms. The first-order valence-corrected chi connectivity index (χ1v) is 13.3. The average molecular weight is 549 g/mol. The van der Waals surface area contributed by atoms with Gasteiger partial charge in [-0.1, -0.05) is 41.9 Å². The third kappa shape index (κ3) is 5.60. The molecule has 11 heteroatoms. The van der Waals surface area contributed by atoms with Gasteiger partial charge in [0.2, 0.25) is 0 Å². The third-order valence-corrected chi connectivity index (χ3v) is 7.80. The van der Waals surface area contributed by atoms with Gasteiger partial charge in [0.1, 0.15) is 16.5 Å². The van der Waals surface area contributed by atoms with Crippen LogP contribution in [0.4, 0.5) is 13.6 Å². The van der Waals surface area contributed by atoms with Crippen molar-refractivity contribution >= 4 is 33.4 Å². The van der Waals surface area contributed by atoms with E-state index in [9.17, 15) is 26.8 Å². The summed E-state index contributed by atoms with van der Waals surface area (Å²) in [4.78, 5) is 27.1. The van der Waals surface area contributed by atoms with E-state index in [-0.39, 0.29) is 21.7 Å². The molecular weight excluding hydrogens is 526 g/mol. The molecule has 1 aliphatic rings. The van der Waals surface area contributed by atoms with Crippen LogP contribution in [-0.4, -0.2) is 57.4 Å². The van der Waals surface area contributed by atoms with Gasteiger partial charge in [0.05, 0.1) is 10.8 Å². The number of halogens is 3. The third-order valence-electron chi connectivity index (χ3n) is 5.86. The molecule has 3 aromatic carbocycles. The first-order valence-electron chi connectivity index (χ1n) is 11.3. The van der Waals surface area contributed by atoms with E-state index in [1.54, 1.807) is 30.3 Å². The molecule has 4 rings (SSSR count). The van der Waals surface area contributed by atoms with E-state index in [0.29, 0.717) is 24.7 Å². The Balaban J connectivity index is 1.80. The number of carbonyl (C=O) groups is 2. The van der Waals surface area contributed by atoms with Crippen molar-refractivity contribution in [2.24, 2.45) is 0 Å².